The van der Waals surface area contributed by atoms with Crippen LogP contribution in [0.3, 0.4) is 0 Å². The van der Waals surface area contributed by atoms with Gasteiger partial charge >= 0.3 is 0 Å². The Bertz CT molecular complexity index is 600. The van der Waals surface area contributed by atoms with Crippen molar-refractivity contribution in [3.63, 3.8) is 0 Å². The fraction of sp³-hybridized carbons (Fsp3) is 1.00. The highest BCUT2D eigenvalue weighted by Gasteiger charge is 2.36. The van der Waals surface area contributed by atoms with E-state index >= 15 is 4.39 Å². The van der Waals surface area contributed by atoms with Crippen LogP contribution in [0, 0.1) is 65.1 Å². The van der Waals surface area contributed by atoms with Crippen molar-refractivity contribution in [3.8, 4) is 0 Å². The third kappa shape index (κ3) is 10.4. The van der Waals surface area contributed by atoms with Crippen LogP contribution in [-0.4, -0.2) is 6.17 Å². The van der Waals surface area contributed by atoms with Gasteiger partial charge in [-0.1, -0.05) is 114 Å². The topological polar surface area (TPSA) is 0 Å². The first-order valence-corrected chi connectivity index (χ1v) is 17.8. The van der Waals surface area contributed by atoms with Crippen molar-refractivity contribution in [2.75, 3.05) is 0 Å². The van der Waals surface area contributed by atoms with Crippen LogP contribution in [0.2, 0.25) is 0 Å². The van der Waals surface area contributed by atoms with Gasteiger partial charge < -0.3 is 0 Å². The largest absolute Gasteiger partial charge is 0.247 e. The lowest BCUT2D eigenvalue weighted by Crippen LogP contribution is -2.31. The van der Waals surface area contributed by atoms with E-state index in [1.807, 2.05) is 0 Å². The van der Waals surface area contributed by atoms with Crippen molar-refractivity contribution in [2.45, 2.75) is 171 Å². The van der Waals surface area contributed by atoms with Gasteiger partial charge in [0.15, 0.2) is 0 Å². The van der Waals surface area contributed by atoms with Gasteiger partial charge in [0.2, 0.25) is 0 Å². The second-order valence-electron chi connectivity index (χ2n) is 15.1. The van der Waals surface area contributed by atoms with Crippen molar-refractivity contribution >= 4 is 0 Å². The molecule has 0 saturated heterocycles. The van der Waals surface area contributed by atoms with Crippen LogP contribution >= 0.6 is 0 Å². The molecule has 0 aromatic rings. The van der Waals surface area contributed by atoms with E-state index in [-0.39, 0.29) is 5.92 Å². The van der Waals surface area contributed by atoms with E-state index in [1.165, 1.54) is 89.9 Å². The minimum absolute atomic E-state index is 0.200. The zero-order chi connectivity index (χ0) is 28.2. The highest BCUT2D eigenvalue weighted by atomic mass is 19.1. The van der Waals surface area contributed by atoms with E-state index < -0.39 is 6.17 Å². The molecule has 0 aromatic heterocycles. The molecular formula is C37H71F. The third-order valence-electron chi connectivity index (χ3n) is 12.1. The molecule has 12 atom stereocenters. The number of halogens is 1. The maximum Gasteiger partial charge on any atom is 0.103 e. The van der Waals surface area contributed by atoms with E-state index in [2.05, 4.69) is 62.3 Å². The molecule has 226 valence electrons. The molecule has 0 N–H and O–H groups in total. The summed E-state index contributed by atoms with van der Waals surface area (Å²) in [6.07, 6.45) is 20.1. The number of rotatable bonds is 18. The van der Waals surface area contributed by atoms with Crippen LogP contribution in [0.15, 0.2) is 0 Å². The SMILES string of the molecule is CCCC(C)C1CCC(C(CCC)CC(F)C(C)CC(C(C)CCC)C(C)CC2CCC(CC)CC2C)C1. The number of hydrogen-bond donors (Lipinski definition) is 0. The summed E-state index contributed by atoms with van der Waals surface area (Å²) in [7, 11) is 0. The third-order valence-corrected chi connectivity index (χ3v) is 12.1. The predicted octanol–water partition coefficient (Wildman–Crippen LogP) is 12.6. The van der Waals surface area contributed by atoms with Crippen LogP contribution < -0.4 is 0 Å². The Morgan fingerprint density at radius 1 is 0.684 bits per heavy atom. The molecular weight excluding hydrogens is 463 g/mol. The Labute approximate surface area is 240 Å². The standard InChI is InChI=1S/C37H71F/c1-10-14-26(5)33-19-20-35(24-33)34(16-12-3)25-37(38)30(9)23-36(27(6)15-11-2)29(8)22-32-18-17-31(13-4)21-28(32)7/h26-37H,10-25H2,1-9H3. The Hall–Kier alpha value is -0.0700. The van der Waals surface area contributed by atoms with Crippen molar-refractivity contribution in [1.29, 1.82) is 0 Å². The quantitative estimate of drug-likeness (QED) is 0.164. The fourth-order valence-electron chi connectivity index (χ4n) is 9.34. The molecule has 1 heteroatoms. The van der Waals surface area contributed by atoms with Crippen molar-refractivity contribution < 1.29 is 4.39 Å². The molecule has 2 aliphatic rings. The van der Waals surface area contributed by atoms with Crippen molar-refractivity contribution in [1.82, 2.24) is 0 Å². The Balaban J connectivity index is 1.99. The molecule has 0 radical (unpaired) electrons. The molecule has 12 unspecified atom stereocenters. The molecule has 0 aliphatic heterocycles. The first kappa shape index (κ1) is 34.1. The smallest absolute Gasteiger partial charge is 0.103 e. The van der Waals surface area contributed by atoms with Crippen LogP contribution in [0.1, 0.15) is 165 Å². The molecule has 2 saturated carbocycles. The summed E-state index contributed by atoms with van der Waals surface area (Å²) < 4.78 is 16.1. The monoisotopic (exact) mass is 535 g/mol. The molecule has 0 spiro atoms. The second-order valence-corrected chi connectivity index (χ2v) is 15.1. The van der Waals surface area contributed by atoms with Crippen LogP contribution in [0.4, 0.5) is 4.39 Å². The van der Waals surface area contributed by atoms with Gasteiger partial charge in [0, 0.05) is 0 Å². The van der Waals surface area contributed by atoms with Gasteiger partial charge in [-0.2, -0.15) is 0 Å². The zero-order valence-corrected chi connectivity index (χ0v) is 27.6. The number of hydrogen-bond acceptors (Lipinski definition) is 0. The summed E-state index contributed by atoms with van der Waals surface area (Å²) in [4.78, 5) is 0. The number of alkyl halides is 1. The average molecular weight is 535 g/mol. The molecule has 0 nitrogen and oxygen atoms in total. The van der Waals surface area contributed by atoms with Gasteiger partial charge in [0.1, 0.15) is 6.17 Å². The maximum atomic E-state index is 16.1. The highest BCUT2D eigenvalue weighted by Crippen LogP contribution is 2.46. The normalized spacial score (nSPS) is 31.9. The molecule has 38 heavy (non-hydrogen) atoms. The van der Waals surface area contributed by atoms with Crippen molar-refractivity contribution in [2.24, 2.45) is 65.1 Å². The predicted molar refractivity (Wildman–Crippen MR) is 168 cm³/mol. The van der Waals surface area contributed by atoms with E-state index in [0.29, 0.717) is 17.8 Å². The summed E-state index contributed by atoms with van der Waals surface area (Å²) in [5.41, 5.74) is 0. The van der Waals surface area contributed by atoms with Gasteiger partial charge in [-0.3, -0.25) is 0 Å². The summed E-state index contributed by atoms with van der Waals surface area (Å²) >= 11 is 0. The highest BCUT2D eigenvalue weighted by molar-refractivity contribution is 4.87. The molecule has 0 amide bonds. The molecule has 2 aliphatic carbocycles. The first-order valence-electron chi connectivity index (χ1n) is 17.8. The summed E-state index contributed by atoms with van der Waals surface area (Å²) in [5, 5.41) is 0. The Kier molecular flexibility index (Phi) is 15.9. The molecule has 0 heterocycles. The molecule has 2 fully saturated rings. The van der Waals surface area contributed by atoms with E-state index in [0.717, 1.165) is 54.3 Å². The minimum atomic E-state index is -0.624. The van der Waals surface area contributed by atoms with E-state index in [9.17, 15) is 0 Å². The second kappa shape index (κ2) is 17.7. The van der Waals surface area contributed by atoms with Gasteiger partial charge in [-0.15, -0.1) is 0 Å². The zero-order valence-electron chi connectivity index (χ0n) is 27.6. The summed E-state index contributed by atoms with van der Waals surface area (Å²) in [6.45, 7) is 21.6. The van der Waals surface area contributed by atoms with Gasteiger partial charge in [-0.25, -0.2) is 4.39 Å². The van der Waals surface area contributed by atoms with Crippen LogP contribution in [0.25, 0.3) is 0 Å². The van der Waals surface area contributed by atoms with Crippen molar-refractivity contribution in [3.05, 3.63) is 0 Å². The van der Waals surface area contributed by atoms with E-state index in [4.69, 9.17) is 0 Å². The lowest BCUT2D eigenvalue weighted by atomic mass is 9.67. The van der Waals surface area contributed by atoms with Crippen LogP contribution in [0.5, 0.6) is 0 Å². The Morgan fingerprint density at radius 2 is 1.34 bits per heavy atom. The van der Waals surface area contributed by atoms with Gasteiger partial charge in [-0.05, 0) is 116 Å². The average Bonchev–Trinajstić information content (AvgIpc) is 3.38. The molecule has 0 bridgehead atoms. The minimum Gasteiger partial charge on any atom is -0.247 e. The summed E-state index contributed by atoms with van der Waals surface area (Å²) in [5.74, 6) is 8.16. The molecule has 0 aromatic carbocycles. The Morgan fingerprint density at radius 3 is 1.95 bits per heavy atom. The lowest BCUT2D eigenvalue weighted by molar-refractivity contribution is 0.0929. The lowest BCUT2D eigenvalue weighted by Gasteiger charge is -2.39. The van der Waals surface area contributed by atoms with Crippen LogP contribution in [-0.2, 0) is 0 Å². The maximum absolute atomic E-state index is 16.1. The summed E-state index contributed by atoms with van der Waals surface area (Å²) in [6, 6.07) is 0. The van der Waals surface area contributed by atoms with Gasteiger partial charge in [0.25, 0.3) is 0 Å². The first-order chi connectivity index (χ1) is 18.1. The molecule has 2 rings (SSSR count). The van der Waals surface area contributed by atoms with E-state index in [1.54, 1.807) is 0 Å². The van der Waals surface area contributed by atoms with Gasteiger partial charge in [0.05, 0.1) is 0 Å². The fourth-order valence-corrected chi connectivity index (χ4v) is 9.34.